The van der Waals surface area contributed by atoms with Crippen LogP contribution in [-0.2, 0) is 19.6 Å². The average Bonchev–Trinajstić information content (AvgIpc) is 2.78. The van der Waals surface area contributed by atoms with Gasteiger partial charge in [0.05, 0.1) is 0 Å². The Balaban J connectivity index is 1.72. The van der Waals surface area contributed by atoms with Crippen molar-refractivity contribution in [1.82, 2.24) is 10.2 Å². The Morgan fingerprint density at radius 2 is 2.05 bits per heavy atom. The van der Waals surface area contributed by atoms with Crippen molar-refractivity contribution in [3.05, 3.63) is 34.9 Å². The third-order valence-corrected chi connectivity index (χ3v) is 4.76. The van der Waals surface area contributed by atoms with Crippen LogP contribution in [0.25, 0.3) is 0 Å². The average molecular weight is 258 g/mol. The highest BCUT2D eigenvalue weighted by Crippen LogP contribution is 2.23. The van der Waals surface area contributed by atoms with E-state index in [0.29, 0.717) is 0 Å². The maximum absolute atomic E-state index is 3.43. The van der Waals surface area contributed by atoms with E-state index >= 15 is 0 Å². The number of nitrogens with one attached hydrogen (secondary N) is 1. The Labute approximate surface area is 117 Å². The van der Waals surface area contributed by atoms with Crippen molar-refractivity contribution in [2.24, 2.45) is 0 Å². The van der Waals surface area contributed by atoms with Crippen molar-refractivity contribution < 1.29 is 0 Å². The van der Waals surface area contributed by atoms with Gasteiger partial charge in [-0.1, -0.05) is 38.0 Å². The molecular formula is C17H26N2. The highest BCUT2D eigenvalue weighted by Gasteiger charge is 2.20. The van der Waals surface area contributed by atoms with Crippen molar-refractivity contribution in [2.75, 3.05) is 6.54 Å². The lowest BCUT2D eigenvalue weighted by Crippen LogP contribution is -2.33. The van der Waals surface area contributed by atoms with Gasteiger partial charge in [0.2, 0.25) is 0 Å². The summed E-state index contributed by atoms with van der Waals surface area (Å²) in [6.07, 6.45) is 6.91. The molecule has 1 aromatic carbocycles. The Kier molecular flexibility index (Phi) is 4.19. The molecule has 1 fully saturated rings. The molecule has 2 heteroatoms. The number of nitrogens with zero attached hydrogens (tertiary/aromatic N) is 1. The molecule has 2 aliphatic rings. The molecular weight excluding hydrogens is 232 g/mol. The van der Waals surface area contributed by atoms with Crippen LogP contribution < -0.4 is 5.32 Å². The Hall–Kier alpha value is -0.860. The Morgan fingerprint density at radius 3 is 2.95 bits per heavy atom. The van der Waals surface area contributed by atoms with Gasteiger partial charge in [0.15, 0.2) is 0 Å². The lowest BCUT2D eigenvalue weighted by molar-refractivity contribution is 0.186. The van der Waals surface area contributed by atoms with E-state index in [1.807, 2.05) is 0 Å². The highest BCUT2D eigenvalue weighted by atomic mass is 15.2. The fourth-order valence-electron chi connectivity index (χ4n) is 3.59. The first kappa shape index (κ1) is 13.1. The molecule has 2 heterocycles. The lowest BCUT2D eigenvalue weighted by Gasteiger charge is -2.29. The summed E-state index contributed by atoms with van der Waals surface area (Å²) >= 11 is 0. The zero-order valence-corrected chi connectivity index (χ0v) is 12.1. The van der Waals surface area contributed by atoms with Crippen molar-refractivity contribution in [2.45, 2.75) is 64.7 Å². The minimum absolute atomic E-state index is 0.800. The standard InChI is InChI=1S/C17H26N2/c1-2-17-6-4-3-5-9-19(17)13-14-7-8-15-11-18-12-16(15)10-14/h7-8,10,17-18H,2-6,9,11-13H2,1H3. The van der Waals surface area contributed by atoms with Gasteiger partial charge in [0, 0.05) is 25.7 Å². The molecule has 0 radical (unpaired) electrons. The van der Waals surface area contributed by atoms with Crippen LogP contribution in [0.1, 0.15) is 55.7 Å². The largest absolute Gasteiger partial charge is 0.309 e. The van der Waals surface area contributed by atoms with Gasteiger partial charge in [-0.05, 0) is 42.5 Å². The van der Waals surface area contributed by atoms with Crippen LogP contribution in [0.2, 0.25) is 0 Å². The summed E-state index contributed by atoms with van der Waals surface area (Å²) in [7, 11) is 0. The first-order valence-electron chi connectivity index (χ1n) is 7.92. The minimum atomic E-state index is 0.800. The van der Waals surface area contributed by atoms with Gasteiger partial charge in [0.1, 0.15) is 0 Å². The third kappa shape index (κ3) is 3.01. The molecule has 1 saturated heterocycles. The van der Waals surface area contributed by atoms with Crippen LogP contribution in [0.5, 0.6) is 0 Å². The maximum atomic E-state index is 3.43. The van der Waals surface area contributed by atoms with Crippen LogP contribution in [0.4, 0.5) is 0 Å². The van der Waals surface area contributed by atoms with Crippen LogP contribution >= 0.6 is 0 Å². The van der Waals surface area contributed by atoms with Gasteiger partial charge in [-0.2, -0.15) is 0 Å². The fraction of sp³-hybridized carbons (Fsp3) is 0.647. The number of benzene rings is 1. The van der Waals surface area contributed by atoms with Gasteiger partial charge in [-0.15, -0.1) is 0 Å². The minimum Gasteiger partial charge on any atom is -0.309 e. The molecule has 3 rings (SSSR count). The predicted molar refractivity (Wildman–Crippen MR) is 79.9 cm³/mol. The van der Waals surface area contributed by atoms with Crippen molar-refractivity contribution in [1.29, 1.82) is 0 Å². The lowest BCUT2D eigenvalue weighted by atomic mass is 10.0. The van der Waals surface area contributed by atoms with E-state index < -0.39 is 0 Å². The zero-order valence-electron chi connectivity index (χ0n) is 12.1. The molecule has 0 saturated carbocycles. The molecule has 19 heavy (non-hydrogen) atoms. The second-order valence-corrected chi connectivity index (χ2v) is 6.09. The normalized spacial score (nSPS) is 24.2. The monoisotopic (exact) mass is 258 g/mol. The van der Waals surface area contributed by atoms with E-state index in [2.05, 4.69) is 35.3 Å². The molecule has 1 unspecified atom stereocenters. The van der Waals surface area contributed by atoms with Crippen LogP contribution in [0, 0.1) is 0 Å². The summed E-state index contributed by atoms with van der Waals surface area (Å²) in [5.74, 6) is 0. The van der Waals surface area contributed by atoms with Gasteiger partial charge in [-0.25, -0.2) is 0 Å². The first-order chi connectivity index (χ1) is 9.36. The third-order valence-electron chi connectivity index (χ3n) is 4.76. The van der Waals surface area contributed by atoms with E-state index in [1.165, 1.54) is 55.3 Å². The second kappa shape index (κ2) is 6.06. The van der Waals surface area contributed by atoms with Crippen LogP contribution in [-0.4, -0.2) is 17.5 Å². The smallest absolute Gasteiger partial charge is 0.0236 e. The van der Waals surface area contributed by atoms with E-state index in [0.717, 1.165) is 25.7 Å². The molecule has 0 aromatic heterocycles. The number of fused-ring (bicyclic) bond motifs is 1. The van der Waals surface area contributed by atoms with Gasteiger partial charge >= 0.3 is 0 Å². The molecule has 0 spiro atoms. The summed E-state index contributed by atoms with van der Waals surface area (Å²) < 4.78 is 0. The first-order valence-corrected chi connectivity index (χ1v) is 7.92. The zero-order chi connectivity index (χ0) is 13.1. The summed E-state index contributed by atoms with van der Waals surface area (Å²) in [6, 6.07) is 7.88. The molecule has 0 bridgehead atoms. The maximum Gasteiger partial charge on any atom is 0.0236 e. The van der Waals surface area contributed by atoms with E-state index in [1.54, 1.807) is 0 Å². The SMILES string of the molecule is CCC1CCCCCN1Cc1ccc2c(c1)CNC2. The van der Waals surface area contributed by atoms with Gasteiger partial charge < -0.3 is 5.32 Å². The molecule has 2 nitrogen and oxygen atoms in total. The number of rotatable bonds is 3. The summed E-state index contributed by atoms with van der Waals surface area (Å²) in [5, 5.41) is 3.43. The second-order valence-electron chi connectivity index (χ2n) is 6.09. The van der Waals surface area contributed by atoms with E-state index in [4.69, 9.17) is 0 Å². The molecule has 0 amide bonds. The van der Waals surface area contributed by atoms with E-state index in [-0.39, 0.29) is 0 Å². The number of likely N-dealkylation sites (tertiary alicyclic amines) is 1. The van der Waals surface area contributed by atoms with Crippen LogP contribution in [0.15, 0.2) is 18.2 Å². The van der Waals surface area contributed by atoms with Crippen molar-refractivity contribution in [3.63, 3.8) is 0 Å². The highest BCUT2D eigenvalue weighted by molar-refractivity contribution is 5.34. The molecule has 1 atom stereocenters. The fourth-order valence-corrected chi connectivity index (χ4v) is 3.59. The molecule has 1 N–H and O–H groups in total. The van der Waals surface area contributed by atoms with Gasteiger partial charge in [-0.3, -0.25) is 4.90 Å². The molecule has 104 valence electrons. The topological polar surface area (TPSA) is 15.3 Å². The predicted octanol–water partition coefficient (Wildman–Crippen LogP) is 3.44. The van der Waals surface area contributed by atoms with Crippen molar-refractivity contribution in [3.8, 4) is 0 Å². The Bertz CT molecular complexity index is 427. The van der Waals surface area contributed by atoms with Crippen molar-refractivity contribution >= 4 is 0 Å². The molecule has 2 aliphatic heterocycles. The summed E-state index contributed by atoms with van der Waals surface area (Å²) in [4.78, 5) is 2.72. The number of hydrogen-bond acceptors (Lipinski definition) is 2. The van der Waals surface area contributed by atoms with E-state index in [9.17, 15) is 0 Å². The van der Waals surface area contributed by atoms with Gasteiger partial charge in [0.25, 0.3) is 0 Å². The summed E-state index contributed by atoms with van der Waals surface area (Å²) in [6.45, 7) is 6.88. The Morgan fingerprint density at radius 1 is 1.16 bits per heavy atom. The quantitative estimate of drug-likeness (QED) is 0.893. The van der Waals surface area contributed by atoms with Crippen LogP contribution in [0.3, 0.4) is 0 Å². The summed E-state index contributed by atoms with van der Waals surface area (Å²) in [5.41, 5.74) is 4.51. The number of hydrogen-bond donors (Lipinski definition) is 1. The molecule has 0 aliphatic carbocycles. The molecule has 1 aromatic rings.